The van der Waals surface area contributed by atoms with Crippen molar-refractivity contribution in [1.29, 1.82) is 0 Å². The number of ether oxygens (including phenoxy) is 2. The van der Waals surface area contributed by atoms with Crippen LogP contribution < -0.4 is 9.47 Å². The molecule has 130 valence electrons. The van der Waals surface area contributed by atoms with Crippen LogP contribution >= 0.6 is 0 Å². The van der Waals surface area contributed by atoms with E-state index in [1.165, 1.54) is 16.5 Å². The minimum absolute atomic E-state index is 0.253. The second-order valence-corrected chi connectivity index (χ2v) is 7.32. The van der Waals surface area contributed by atoms with Crippen molar-refractivity contribution in [2.45, 2.75) is 18.1 Å². The van der Waals surface area contributed by atoms with Crippen molar-refractivity contribution in [3.63, 3.8) is 0 Å². The Morgan fingerprint density at radius 3 is 2.37 bits per heavy atom. The molecule has 2 aliphatic heterocycles. The largest absolute Gasteiger partial charge is 0.448 e. The summed E-state index contributed by atoms with van der Waals surface area (Å²) in [6.07, 6.45) is 0.777. The highest BCUT2D eigenvalue weighted by Crippen LogP contribution is 2.56. The van der Waals surface area contributed by atoms with Gasteiger partial charge < -0.3 is 9.47 Å². The Hall–Kier alpha value is -3.26. The molecule has 0 saturated heterocycles. The molecular formula is C25H18O2. The third-order valence-electron chi connectivity index (χ3n) is 5.81. The number of benzene rings is 4. The fourth-order valence-electron chi connectivity index (χ4n) is 4.54. The summed E-state index contributed by atoms with van der Waals surface area (Å²) >= 11 is 0. The molecule has 0 aliphatic carbocycles. The molecular weight excluding hydrogens is 332 g/mol. The Kier molecular flexibility index (Phi) is 2.96. The first kappa shape index (κ1) is 14.9. The van der Waals surface area contributed by atoms with Gasteiger partial charge in [-0.25, -0.2) is 0 Å². The average Bonchev–Trinajstić information content (AvgIpc) is 2.74. The maximum Gasteiger partial charge on any atom is 0.278 e. The molecule has 0 spiro atoms. The lowest BCUT2D eigenvalue weighted by molar-refractivity contribution is -0.147. The van der Waals surface area contributed by atoms with E-state index in [0.717, 1.165) is 28.9 Å². The van der Waals surface area contributed by atoms with Crippen molar-refractivity contribution in [2.24, 2.45) is 0 Å². The van der Waals surface area contributed by atoms with Gasteiger partial charge in [0.05, 0.1) is 0 Å². The van der Waals surface area contributed by atoms with Gasteiger partial charge in [0.1, 0.15) is 11.5 Å². The van der Waals surface area contributed by atoms with Crippen LogP contribution in [0.5, 0.6) is 11.5 Å². The van der Waals surface area contributed by atoms with E-state index in [-0.39, 0.29) is 5.92 Å². The molecule has 0 aromatic heterocycles. The zero-order valence-corrected chi connectivity index (χ0v) is 14.8. The highest BCUT2D eigenvalue weighted by Gasteiger charge is 2.49. The van der Waals surface area contributed by atoms with E-state index >= 15 is 0 Å². The molecule has 2 heterocycles. The molecule has 2 heteroatoms. The van der Waals surface area contributed by atoms with Gasteiger partial charge in [0, 0.05) is 34.4 Å². The Morgan fingerprint density at radius 1 is 0.667 bits per heavy atom. The van der Waals surface area contributed by atoms with Crippen LogP contribution in [0.3, 0.4) is 0 Å². The monoisotopic (exact) mass is 350 g/mol. The van der Waals surface area contributed by atoms with Gasteiger partial charge in [-0.3, -0.25) is 0 Å². The summed E-state index contributed by atoms with van der Waals surface area (Å²) < 4.78 is 13.3. The van der Waals surface area contributed by atoms with Gasteiger partial charge in [-0.15, -0.1) is 0 Å². The van der Waals surface area contributed by atoms with Crippen LogP contribution in [0.4, 0.5) is 0 Å². The number of fused-ring (bicyclic) bond motifs is 8. The van der Waals surface area contributed by atoms with Crippen molar-refractivity contribution in [3.8, 4) is 11.5 Å². The molecule has 4 aromatic rings. The Bertz CT molecular complexity index is 1170. The highest BCUT2D eigenvalue weighted by atomic mass is 16.7. The molecule has 0 fully saturated rings. The van der Waals surface area contributed by atoms with Gasteiger partial charge in [0.25, 0.3) is 5.79 Å². The molecule has 2 atom stereocenters. The lowest BCUT2D eigenvalue weighted by Gasteiger charge is -2.46. The first-order valence-corrected chi connectivity index (χ1v) is 9.38. The standard InChI is InChI=1S/C25H18O2/c1-2-9-18(10-3-1)25-16-22(20-12-6-7-13-23(20)26-25)21-15-14-17-8-4-5-11-19(17)24(21)27-25/h1-15,22H,16H2/t22-,25-/m1/s1. The van der Waals surface area contributed by atoms with E-state index in [9.17, 15) is 0 Å². The van der Waals surface area contributed by atoms with Gasteiger partial charge in [0.2, 0.25) is 0 Å². The smallest absolute Gasteiger partial charge is 0.278 e. The number of para-hydroxylation sites is 1. The fraction of sp³-hybridized carbons (Fsp3) is 0.120. The summed E-state index contributed by atoms with van der Waals surface area (Å²) in [4.78, 5) is 0. The van der Waals surface area contributed by atoms with Crippen LogP contribution in [-0.4, -0.2) is 0 Å². The SMILES string of the molecule is c1ccc([C@]23C[C@H](c4ccccc4O2)c2ccc4ccccc4c2O3)cc1. The van der Waals surface area contributed by atoms with Crippen LogP contribution in [0.1, 0.15) is 29.0 Å². The molecule has 2 aliphatic rings. The van der Waals surface area contributed by atoms with Crippen molar-refractivity contribution in [3.05, 3.63) is 108 Å². The van der Waals surface area contributed by atoms with Crippen LogP contribution in [-0.2, 0) is 5.79 Å². The van der Waals surface area contributed by atoms with E-state index < -0.39 is 5.79 Å². The van der Waals surface area contributed by atoms with Gasteiger partial charge in [0.15, 0.2) is 0 Å². The number of hydrogen-bond donors (Lipinski definition) is 0. The zero-order chi connectivity index (χ0) is 17.8. The lowest BCUT2D eigenvalue weighted by Crippen LogP contribution is -2.46. The van der Waals surface area contributed by atoms with Gasteiger partial charge in [-0.05, 0) is 11.5 Å². The van der Waals surface area contributed by atoms with E-state index in [2.05, 4.69) is 66.7 Å². The molecule has 0 amide bonds. The van der Waals surface area contributed by atoms with Crippen molar-refractivity contribution in [1.82, 2.24) is 0 Å². The fourth-order valence-corrected chi connectivity index (χ4v) is 4.54. The second-order valence-electron chi connectivity index (χ2n) is 7.32. The minimum Gasteiger partial charge on any atom is -0.448 e. The Labute approximate surface area is 158 Å². The summed E-state index contributed by atoms with van der Waals surface area (Å²) in [5.74, 6) is 1.32. The van der Waals surface area contributed by atoms with Crippen LogP contribution in [0.15, 0.2) is 91.0 Å². The molecule has 0 N–H and O–H groups in total. The van der Waals surface area contributed by atoms with Crippen LogP contribution in [0.2, 0.25) is 0 Å². The molecule has 2 bridgehead atoms. The molecule has 2 nitrogen and oxygen atoms in total. The minimum atomic E-state index is -0.794. The predicted molar refractivity (Wildman–Crippen MR) is 106 cm³/mol. The Morgan fingerprint density at radius 2 is 1.44 bits per heavy atom. The summed E-state index contributed by atoms with van der Waals surface area (Å²) in [5, 5.41) is 2.33. The predicted octanol–water partition coefficient (Wildman–Crippen LogP) is 6.00. The van der Waals surface area contributed by atoms with E-state index in [4.69, 9.17) is 9.47 Å². The summed E-state index contributed by atoms with van der Waals surface area (Å²) in [5.41, 5.74) is 3.54. The normalized spacial score (nSPS) is 22.3. The van der Waals surface area contributed by atoms with E-state index in [1.54, 1.807) is 0 Å². The highest BCUT2D eigenvalue weighted by molar-refractivity contribution is 5.90. The molecule has 27 heavy (non-hydrogen) atoms. The van der Waals surface area contributed by atoms with Crippen molar-refractivity contribution >= 4 is 10.8 Å². The third-order valence-corrected chi connectivity index (χ3v) is 5.81. The maximum atomic E-state index is 6.72. The topological polar surface area (TPSA) is 18.5 Å². The molecule has 0 saturated carbocycles. The maximum absolute atomic E-state index is 6.72. The average molecular weight is 350 g/mol. The molecule has 0 radical (unpaired) electrons. The van der Waals surface area contributed by atoms with Crippen molar-refractivity contribution in [2.75, 3.05) is 0 Å². The molecule has 0 unspecified atom stereocenters. The first-order chi connectivity index (χ1) is 13.3. The number of hydrogen-bond acceptors (Lipinski definition) is 2. The summed E-state index contributed by atoms with van der Waals surface area (Å²) in [6.45, 7) is 0. The molecule has 6 rings (SSSR count). The summed E-state index contributed by atoms with van der Waals surface area (Å²) in [6, 6.07) is 31.5. The molecule has 4 aromatic carbocycles. The third kappa shape index (κ3) is 2.07. The summed E-state index contributed by atoms with van der Waals surface area (Å²) in [7, 11) is 0. The van der Waals surface area contributed by atoms with Crippen LogP contribution in [0, 0.1) is 0 Å². The Balaban J connectivity index is 1.67. The van der Waals surface area contributed by atoms with Gasteiger partial charge in [-0.2, -0.15) is 0 Å². The van der Waals surface area contributed by atoms with E-state index in [0.29, 0.717) is 0 Å². The lowest BCUT2D eigenvalue weighted by atomic mass is 9.78. The first-order valence-electron chi connectivity index (χ1n) is 9.38. The zero-order valence-electron chi connectivity index (χ0n) is 14.8. The van der Waals surface area contributed by atoms with Crippen LogP contribution in [0.25, 0.3) is 10.8 Å². The second kappa shape index (κ2) is 5.37. The number of rotatable bonds is 1. The van der Waals surface area contributed by atoms with Crippen molar-refractivity contribution < 1.29 is 9.47 Å². The quantitative estimate of drug-likeness (QED) is 0.419. The van der Waals surface area contributed by atoms with Gasteiger partial charge >= 0.3 is 0 Å². The van der Waals surface area contributed by atoms with Gasteiger partial charge in [-0.1, -0.05) is 84.9 Å². The van der Waals surface area contributed by atoms with E-state index in [1.807, 2.05) is 24.3 Å².